The molecule has 8 N–H and O–H groups in total. The molecule has 64 heavy (non-hydrogen) atoms. The lowest BCUT2D eigenvalue weighted by atomic mass is 9.69. The Kier molecular flexibility index (Phi) is 9.09. The van der Waals surface area contributed by atoms with Crippen LogP contribution < -0.4 is 0 Å². The molecule has 314 valence electrons. The first kappa shape index (κ1) is 39.8. The zero-order valence-corrected chi connectivity index (χ0v) is 34.7. The third-order valence-corrected chi connectivity index (χ3v) is 13.4. The minimum absolute atomic E-state index is 0.0111. The van der Waals surface area contributed by atoms with Crippen LogP contribution in [0.25, 0.3) is 54.2 Å². The second-order valence-corrected chi connectivity index (χ2v) is 16.9. The number of hydrogen-bond donors (Lipinski definition) is 8. The van der Waals surface area contributed by atoms with Crippen LogP contribution in [0.1, 0.15) is 47.2 Å². The lowest BCUT2D eigenvalue weighted by Gasteiger charge is -2.33. The molecule has 0 atom stereocenters. The molecule has 10 aromatic carbocycles. The first-order chi connectivity index (χ1) is 30.7. The quantitative estimate of drug-likeness (QED) is 0.0736. The Morgan fingerprint density at radius 2 is 0.469 bits per heavy atom. The van der Waals surface area contributed by atoms with Crippen LogP contribution in [0, 0.1) is 0 Å². The second-order valence-electron chi connectivity index (χ2n) is 16.9. The summed E-state index contributed by atoms with van der Waals surface area (Å²) in [7, 11) is 0. The Morgan fingerprint density at radius 3 is 0.703 bits per heavy atom. The van der Waals surface area contributed by atoms with E-state index in [-0.39, 0.29) is 46.0 Å². The summed E-state index contributed by atoms with van der Waals surface area (Å²) < 4.78 is 0. The first-order valence-electron chi connectivity index (χ1n) is 20.8. The van der Waals surface area contributed by atoms with Crippen molar-refractivity contribution in [2.45, 2.75) is 24.7 Å². The van der Waals surface area contributed by atoms with Crippen LogP contribution in [0.15, 0.2) is 170 Å². The van der Waals surface area contributed by atoms with Gasteiger partial charge in [-0.05, 0) is 131 Å². The Morgan fingerprint density at radius 1 is 0.234 bits per heavy atom. The van der Waals surface area contributed by atoms with Gasteiger partial charge in [-0.15, -0.1) is 0 Å². The van der Waals surface area contributed by atoms with Gasteiger partial charge in [-0.2, -0.15) is 0 Å². The molecule has 10 rings (SSSR count). The number of benzene rings is 10. The van der Waals surface area contributed by atoms with E-state index >= 15 is 0 Å². The molecule has 0 saturated carbocycles. The summed E-state index contributed by atoms with van der Waals surface area (Å²) in [6.07, 6.45) is 0. The third kappa shape index (κ3) is 6.14. The molecule has 0 radical (unpaired) electrons. The van der Waals surface area contributed by atoms with Gasteiger partial charge >= 0.3 is 0 Å². The molecule has 0 fully saturated rings. The van der Waals surface area contributed by atoms with Gasteiger partial charge in [0.1, 0.15) is 46.0 Å². The van der Waals surface area contributed by atoms with E-state index in [4.69, 9.17) is 0 Å². The monoisotopic (exact) mass is 842 g/mol. The zero-order chi connectivity index (χ0) is 44.7. The number of phenols is 8. The van der Waals surface area contributed by atoms with Crippen LogP contribution in [-0.2, 0) is 10.8 Å². The largest absolute Gasteiger partial charge is 0.507 e. The molecule has 10 aromatic rings. The maximum atomic E-state index is 11.3. The summed E-state index contributed by atoms with van der Waals surface area (Å²) in [4.78, 5) is 0. The highest BCUT2D eigenvalue weighted by atomic mass is 16.3. The Balaban J connectivity index is 1.10. The van der Waals surface area contributed by atoms with Crippen LogP contribution >= 0.6 is 0 Å². The fourth-order valence-electron chi connectivity index (χ4n) is 9.55. The van der Waals surface area contributed by atoms with E-state index in [1.165, 1.54) is 0 Å². The van der Waals surface area contributed by atoms with Crippen LogP contribution in [-0.4, -0.2) is 40.9 Å². The maximum Gasteiger partial charge on any atom is 0.123 e. The van der Waals surface area contributed by atoms with Crippen LogP contribution in [0.3, 0.4) is 0 Å². The smallest absolute Gasteiger partial charge is 0.123 e. The van der Waals surface area contributed by atoms with Gasteiger partial charge < -0.3 is 40.9 Å². The Bertz CT molecular complexity index is 3090. The van der Waals surface area contributed by atoms with Crippen molar-refractivity contribution in [3.8, 4) is 57.1 Å². The average molecular weight is 843 g/mol. The summed E-state index contributed by atoms with van der Waals surface area (Å²) in [6.45, 7) is 3.96. The first-order valence-corrected chi connectivity index (χ1v) is 20.8. The van der Waals surface area contributed by atoms with Crippen LogP contribution in [0.4, 0.5) is 0 Å². The molecule has 8 heteroatoms. The van der Waals surface area contributed by atoms with Crippen molar-refractivity contribution in [3.63, 3.8) is 0 Å². The number of aromatic hydroxyl groups is 8. The Labute approximate surface area is 367 Å². The molecule has 0 aromatic heterocycles. The molecule has 0 spiro atoms. The van der Waals surface area contributed by atoms with E-state index in [0.29, 0.717) is 65.3 Å². The van der Waals surface area contributed by atoms with Crippen molar-refractivity contribution in [2.75, 3.05) is 0 Å². The fourth-order valence-corrected chi connectivity index (χ4v) is 9.55. The molecule has 0 amide bonds. The number of phenolic OH excluding ortho intramolecular Hbond substituents is 8. The summed E-state index contributed by atoms with van der Waals surface area (Å²) >= 11 is 0. The minimum atomic E-state index is -1.02. The summed E-state index contributed by atoms with van der Waals surface area (Å²) in [6, 6.07) is 49.9. The van der Waals surface area contributed by atoms with Crippen molar-refractivity contribution >= 4 is 43.1 Å². The van der Waals surface area contributed by atoms with E-state index < -0.39 is 10.8 Å². The summed E-state index contributed by atoms with van der Waals surface area (Å²) in [5, 5.41) is 92.8. The maximum absolute atomic E-state index is 11.3. The Hall–Kier alpha value is -8.36. The second kappa shape index (κ2) is 14.6. The number of fused-ring (bicyclic) bond motifs is 4. The molecule has 0 bridgehead atoms. The normalized spacial score (nSPS) is 12.1. The van der Waals surface area contributed by atoms with Crippen molar-refractivity contribution in [1.82, 2.24) is 0 Å². The highest BCUT2D eigenvalue weighted by molar-refractivity contribution is 5.97. The average Bonchev–Trinajstić information content (AvgIpc) is 3.29. The lowest BCUT2D eigenvalue weighted by molar-refractivity contribution is 0.472. The van der Waals surface area contributed by atoms with E-state index in [9.17, 15) is 40.9 Å². The van der Waals surface area contributed by atoms with Gasteiger partial charge in [-0.25, -0.2) is 0 Å². The molecule has 0 saturated heterocycles. The fraction of sp³-hybridized carbons (Fsp3) is 0.0714. The van der Waals surface area contributed by atoms with E-state index in [1.807, 2.05) is 86.6 Å². The van der Waals surface area contributed by atoms with Crippen molar-refractivity contribution in [1.29, 1.82) is 0 Å². The van der Waals surface area contributed by atoms with Gasteiger partial charge in [-0.1, -0.05) is 97.1 Å². The zero-order valence-electron chi connectivity index (χ0n) is 34.7. The standard InChI is InChI=1S/C56H42O8/c1-55(35-23-43-39(51(61)27-35)7-3-11-47(43)57,36-24-44-40(52(62)28-36)8-4-12-48(44)58)33-19-15-31(16-20-33)32-17-21-34(22-18-32)56(2,37-25-45-41(53(63)29-37)9-5-13-49(45)59)38-26-46-42(54(64)30-38)10-6-14-50(46)60/h3-30,57-64H,1-2H3. The molecule has 0 heterocycles. The predicted molar refractivity (Wildman–Crippen MR) is 252 cm³/mol. The van der Waals surface area contributed by atoms with Gasteiger partial charge in [0.15, 0.2) is 0 Å². The van der Waals surface area contributed by atoms with Gasteiger partial charge in [0.25, 0.3) is 0 Å². The molecule has 0 aliphatic heterocycles. The summed E-state index contributed by atoms with van der Waals surface area (Å²) in [5.74, 6) is -0.0199. The van der Waals surface area contributed by atoms with Gasteiger partial charge in [0.2, 0.25) is 0 Å². The molecule has 8 nitrogen and oxygen atoms in total. The molecule has 0 aliphatic carbocycles. The van der Waals surface area contributed by atoms with Crippen molar-refractivity contribution < 1.29 is 40.9 Å². The topological polar surface area (TPSA) is 162 Å². The van der Waals surface area contributed by atoms with Gasteiger partial charge in [0, 0.05) is 53.9 Å². The SMILES string of the molecule is CC(c1ccc(-c2ccc(C(C)(c3cc(O)c4cccc(O)c4c3)c3cc(O)c4cccc(O)c4c3)cc2)cc1)(c1cc(O)c2cccc(O)c2c1)c1cc(O)c2cccc(O)c2c1. The van der Waals surface area contributed by atoms with Crippen molar-refractivity contribution in [3.05, 3.63) is 203 Å². The van der Waals surface area contributed by atoms with Gasteiger partial charge in [0.05, 0.1) is 0 Å². The number of hydrogen-bond acceptors (Lipinski definition) is 8. The van der Waals surface area contributed by atoms with E-state index in [1.54, 1.807) is 97.1 Å². The lowest BCUT2D eigenvalue weighted by Crippen LogP contribution is -2.25. The van der Waals surface area contributed by atoms with Crippen molar-refractivity contribution in [2.24, 2.45) is 0 Å². The summed E-state index contributed by atoms with van der Waals surface area (Å²) in [5.41, 5.74) is 3.92. The molecule has 0 aliphatic rings. The minimum Gasteiger partial charge on any atom is -0.507 e. The molecular formula is C56H42O8. The molecular weight excluding hydrogens is 801 g/mol. The number of rotatable bonds is 7. The van der Waals surface area contributed by atoms with E-state index in [2.05, 4.69) is 0 Å². The third-order valence-electron chi connectivity index (χ3n) is 13.4. The van der Waals surface area contributed by atoms with E-state index in [0.717, 1.165) is 22.3 Å². The highest BCUT2D eigenvalue weighted by Gasteiger charge is 2.35. The molecule has 0 unspecified atom stereocenters. The predicted octanol–water partition coefficient (Wildman–Crippen LogP) is 12.3. The van der Waals surface area contributed by atoms with Crippen LogP contribution in [0.5, 0.6) is 46.0 Å². The highest BCUT2D eigenvalue weighted by Crippen LogP contribution is 2.49. The van der Waals surface area contributed by atoms with Crippen LogP contribution in [0.2, 0.25) is 0 Å². The van der Waals surface area contributed by atoms with Gasteiger partial charge in [-0.3, -0.25) is 0 Å².